The zero-order valence-corrected chi connectivity index (χ0v) is 63.1. The number of halogens is 11. The molecule has 2 saturated heterocycles. The summed E-state index contributed by atoms with van der Waals surface area (Å²) in [5.74, 6) is -10.1. The van der Waals surface area contributed by atoms with E-state index >= 15 is 0 Å². The van der Waals surface area contributed by atoms with E-state index in [9.17, 15) is 63.6 Å². The first kappa shape index (κ1) is 84.9. The highest BCUT2D eigenvalue weighted by Crippen LogP contribution is 2.35. The van der Waals surface area contributed by atoms with Crippen molar-refractivity contribution in [2.24, 2.45) is 35.3 Å². The highest BCUT2D eigenvalue weighted by atomic mass is 79.9. The first-order valence-electron chi connectivity index (χ1n) is 34.3. The second kappa shape index (κ2) is 40.0. The zero-order valence-electron chi connectivity index (χ0n) is 58.4. The van der Waals surface area contributed by atoms with Crippen molar-refractivity contribution in [3.8, 4) is 33.4 Å². The second-order valence-electron chi connectivity index (χ2n) is 26.5. The van der Waals surface area contributed by atoms with Crippen LogP contribution in [0.5, 0.6) is 0 Å². The summed E-state index contributed by atoms with van der Waals surface area (Å²) in [6, 6.07) is 40.8. The maximum Gasteiger partial charge on any atom is 0.311 e. The van der Waals surface area contributed by atoms with Gasteiger partial charge in [-0.2, -0.15) is 8.42 Å². The summed E-state index contributed by atoms with van der Waals surface area (Å²) >= 11 is 21.3. The number of carbonyl (C=O) groups is 3. The van der Waals surface area contributed by atoms with E-state index < -0.39 is 71.5 Å². The summed E-state index contributed by atoms with van der Waals surface area (Å²) in [5, 5.41) is 21.5. The largest absolute Gasteiger partial charge is 0.466 e. The lowest BCUT2D eigenvalue weighted by Crippen LogP contribution is -2.58. The van der Waals surface area contributed by atoms with Crippen molar-refractivity contribution in [1.29, 1.82) is 0 Å². The molecule has 0 radical (unpaired) electrons. The van der Waals surface area contributed by atoms with E-state index in [4.69, 9.17) is 58.9 Å². The predicted octanol–water partition coefficient (Wildman–Crippen LogP) is 16.6. The maximum absolute atomic E-state index is 14.3. The average molecular weight is 1590 g/mol. The molecular formula is C76H86B2BrCl3F7N3O11S. The van der Waals surface area contributed by atoms with E-state index in [2.05, 4.69) is 15.9 Å². The summed E-state index contributed by atoms with van der Waals surface area (Å²) in [7, 11) is -4.09. The molecule has 0 aliphatic carbocycles. The Labute approximate surface area is 628 Å². The molecule has 0 saturated carbocycles. The van der Waals surface area contributed by atoms with Crippen LogP contribution in [0.15, 0.2) is 161 Å². The van der Waals surface area contributed by atoms with Crippen molar-refractivity contribution < 1.29 is 82.0 Å². The second-order valence-corrected chi connectivity index (χ2v) is 30.4. The number of benzene rings is 7. The standard InChI is InChI=1S/C28H30BBrClFO6S.C25H30BClF3NO3.C23H26ClF3N2O2/c1-3-37-28(33)22(18-38-39(35,36)25-11-8-23(30)9-12-25)15-20(17-29(2)34)14-19-4-6-21(7-5-19)26-16-24(31)10-13-27(26)32;1-3-34-24(32)20(14-31-15-25(29,30)16-31)11-18(13-26(2)33)10-17-4-6-19(7-5-17)22-12-21(27)8-9-23(22)28;1-2-31-22(30)17(12-29-13-23(26,27)14-29)10-19(28)9-15-3-5-16(6-4-15)20-11-18(24)7-8-21(20)25/h4-13,16,20,22,34H,3,14-15,17-18H2,1-2H3;4-9,12,18,20,33H,3,10-11,13-16H2,1-2H3;3-8,11,17,19H,2,9-10,12-14,28H2,1H3/t20-,22+;18-,20+;17-,19+/m110/s1. The van der Waals surface area contributed by atoms with E-state index in [1.165, 1.54) is 48.5 Å². The minimum atomic E-state index is -4.09. The van der Waals surface area contributed by atoms with Crippen LogP contribution in [-0.2, 0) is 62.2 Å². The van der Waals surface area contributed by atoms with Gasteiger partial charge in [0.25, 0.3) is 35.8 Å². The van der Waals surface area contributed by atoms with Gasteiger partial charge in [0.1, 0.15) is 17.5 Å². The predicted molar refractivity (Wildman–Crippen MR) is 398 cm³/mol. The van der Waals surface area contributed by atoms with Crippen LogP contribution in [0.4, 0.5) is 30.7 Å². The number of nitrogens with two attached hydrogens (primary N) is 1. The summed E-state index contributed by atoms with van der Waals surface area (Å²) in [4.78, 5) is 40.7. The van der Waals surface area contributed by atoms with Gasteiger partial charge >= 0.3 is 17.9 Å². The minimum absolute atomic E-state index is 0.0231. The number of carbonyl (C=O) groups excluding carboxylic acids is 3. The highest BCUT2D eigenvalue weighted by Gasteiger charge is 2.46. The van der Waals surface area contributed by atoms with Gasteiger partial charge in [0.2, 0.25) is 0 Å². The molecule has 0 amide bonds. The third-order valence-corrected chi connectivity index (χ3v) is 20.0. The number of likely N-dealkylation sites (tertiary alicyclic amines) is 2. The third kappa shape index (κ3) is 27.2. The molecule has 28 heteroatoms. The molecule has 14 nitrogen and oxygen atoms in total. The van der Waals surface area contributed by atoms with Crippen LogP contribution in [0.1, 0.15) is 56.7 Å². The van der Waals surface area contributed by atoms with E-state index in [0.717, 1.165) is 21.2 Å². The highest BCUT2D eigenvalue weighted by molar-refractivity contribution is 9.10. The van der Waals surface area contributed by atoms with Gasteiger partial charge in [-0.25, -0.2) is 30.7 Å². The maximum atomic E-state index is 14.3. The molecule has 104 heavy (non-hydrogen) atoms. The molecule has 9 rings (SSSR count). The Bertz CT molecular complexity index is 4040. The van der Waals surface area contributed by atoms with Crippen molar-refractivity contribution in [2.45, 2.75) is 108 Å². The number of ether oxygens (including phenoxy) is 3. The van der Waals surface area contributed by atoms with Gasteiger partial charge < -0.3 is 30.0 Å². The van der Waals surface area contributed by atoms with Crippen molar-refractivity contribution in [3.05, 3.63) is 205 Å². The number of hydrogen-bond donors (Lipinski definition) is 3. The van der Waals surface area contributed by atoms with Crippen LogP contribution in [0, 0.1) is 47.0 Å². The minimum Gasteiger partial charge on any atom is -0.466 e. The fourth-order valence-corrected chi connectivity index (χ4v) is 14.5. The van der Waals surface area contributed by atoms with E-state index in [1.807, 2.05) is 48.5 Å². The van der Waals surface area contributed by atoms with Crippen LogP contribution in [0.25, 0.3) is 33.4 Å². The molecule has 7 aromatic carbocycles. The van der Waals surface area contributed by atoms with Crippen molar-refractivity contribution in [1.82, 2.24) is 9.80 Å². The number of hydrogen-bond acceptors (Lipinski definition) is 14. The zero-order chi connectivity index (χ0) is 76.1. The lowest BCUT2D eigenvalue weighted by Gasteiger charge is -2.40. The quantitative estimate of drug-likeness (QED) is 0.0116. The number of rotatable bonds is 33. The molecule has 0 bridgehead atoms. The molecule has 560 valence electrons. The topological polar surface area (TPSA) is 195 Å². The molecule has 6 atom stereocenters. The molecule has 0 aromatic heterocycles. The fraction of sp³-hybridized carbons (Fsp3) is 0.408. The summed E-state index contributed by atoms with van der Waals surface area (Å²) in [6.45, 7) is 6.40. The Morgan fingerprint density at radius 2 is 0.846 bits per heavy atom. The Kier molecular flexibility index (Phi) is 32.7. The molecular weight excluding hydrogens is 1500 g/mol. The van der Waals surface area contributed by atoms with Gasteiger partial charge in [-0.15, -0.1) is 0 Å². The monoisotopic (exact) mass is 1590 g/mol. The lowest BCUT2D eigenvalue weighted by atomic mass is 9.62. The van der Waals surface area contributed by atoms with Crippen molar-refractivity contribution in [3.63, 3.8) is 0 Å². The van der Waals surface area contributed by atoms with Gasteiger partial charge in [0, 0.05) is 55.4 Å². The third-order valence-electron chi connectivity index (χ3n) is 17.5. The van der Waals surface area contributed by atoms with Gasteiger partial charge in [-0.1, -0.05) is 137 Å². The Morgan fingerprint density at radius 1 is 0.519 bits per heavy atom. The molecule has 2 heterocycles. The Hall–Kier alpha value is -6.35. The first-order chi connectivity index (χ1) is 49.2. The molecule has 0 unspecified atom stereocenters. The number of nitrogens with zero attached hydrogens (tertiary/aromatic N) is 2. The molecule has 2 aliphatic rings. The van der Waals surface area contributed by atoms with Crippen LogP contribution < -0.4 is 5.73 Å². The van der Waals surface area contributed by atoms with Crippen LogP contribution in [0.2, 0.25) is 41.4 Å². The van der Waals surface area contributed by atoms with Crippen molar-refractivity contribution >= 4 is 92.6 Å². The van der Waals surface area contributed by atoms with E-state index in [0.29, 0.717) is 93.2 Å². The molecule has 0 spiro atoms. The van der Waals surface area contributed by atoms with Gasteiger partial charge in [0.05, 0.1) is 75.3 Å². The summed E-state index contributed by atoms with van der Waals surface area (Å²) in [6.07, 6.45) is 3.38. The molecule has 2 aliphatic heterocycles. The van der Waals surface area contributed by atoms with Crippen LogP contribution >= 0.6 is 50.7 Å². The molecule has 7 aromatic rings. The Balaban J connectivity index is 0.000000220. The van der Waals surface area contributed by atoms with Gasteiger partial charge in [-0.3, -0.25) is 28.4 Å². The lowest BCUT2D eigenvalue weighted by molar-refractivity contribution is -0.158. The number of alkyl halides is 4. The summed E-state index contributed by atoms with van der Waals surface area (Å²) in [5.41, 5.74) is 12.4. The van der Waals surface area contributed by atoms with E-state index in [1.54, 1.807) is 98.8 Å². The van der Waals surface area contributed by atoms with Crippen LogP contribution in [0.3, 0.4) is 0 Å². The van der Waals surface area contributed by atoms with Crippen LogP contribution in [-0.4, -0.2) is 144 Å². The molecule has 4 N–H and O–H groups in total. The smallest absolute Gasteiger partial charge is 0.311 e. The van der Waals surface area contributed by atoms with Gasteiger partial charge in [0.15, 0.2) is 0 Å². The summed E-state index contributed by atoms with van der Waals surface area (Å²) < 4.78 is 142. The van der Waals surface area contributed by atoms with E-state index in [-0.39, 0.29) is 112 Å². The Morgan fingerprint density at radius 3 is 1.18 bits per heavy atom. The SMILES string of the molecule is CCOC(=O)[C@@H](C[C@H](CB(C)O)Cc1ccc(-c2cc(Cl)ccc2F)cc1)CN1CC(F)(F)C1.CCOC(=O)[C@@H](C[C@H](N)Cc1ccc(-c2cc(Cl)ccc2F)cc1)CN1CC(F)(F)C1.CCOC(=O)[C@H](COS(=O)(=O)c1ccc(Br)cc1)C[C@H](CB(C)O)Cc1ccc(-c2cc(Cl)ccc2F)cc1. The average Bonchev–Trinajstić information content (AvgIpc) is 0.820. The normalized spacial score (nSPS) is 15.7. The first-order valence-corrected chi connectivity index (χ1v) is 37.6. The fourth-order valence-electron chi connectivity index (χ4n) is 12.8. The number of esters is 3. The van der Waals surface area contributed by atoms with Crippen molar-refractivity contribution in [2.75, 3.05) is 65.7 Å². The molecule has 2 fully saturated rings. The van der Waals surface area contributed by atoms with Gasteiger partial charge in [-0.05, 0) is 196 Å².